The van der Waals surface area contributed by atoms with Crippen LogP contribution in [0, 0.1) is 0 Å². The van der Waals surface area contributed by atoms with E-state index in [4.69, 9.17) is 30.5 Å². The molecule has 0 bridgehead atoms. The lowest BCUT2D eigenvalue weighted by molar-refractivity contribution is -0.195. The van der Waals surface area contributed by atoms with E-state index < -0.39 is 54.4 Å². The number of aliphatic hydroxyl groups excluding tert-OH is 1. The molecule has 3 aromatic carbocycles. The van der Waals surface area contributed by atoms with Crippen LogP contribution < -0.4 is 31.3 Å². The molecule has 4 unspecified atom stereocenters. The van der Waals surface area contributed by atoms with Gasteiger partial charge in [-0.25, -0.2) is 14.4 Å². The number of imide groups is 1. The highest BCUT2D eigenvalue weighted by atomic mass is 35.5. The molecule has 4 atom stereocenters. The number of likely N-dealkylation sites (N-methyl/N-ethyl adjacent to an activating group) is 1. The standard InChI is InChI=1S/C54H67ClN8O16.C2H6/c1-61(47(68)8-6-22-64)20-5-3-4-7-45(66)56-18-19-57-49(69)40-26-34(10-15-43(40)78-48-29-38(65)28-44(79-48)52(72)73)32-77-54(75)62(2)21-24-76-23-17-35-11-12-37(27-41(35)55)59-53(74)58-30-33-9-13-39-36(25-33)31-63(51(39)71)42-14-16-46(67)60-50(42)70;1-2/h9-13,15,22,25-27,38,42,44,48,65H,3-8,14,16-21,23-24,28-32H2,1-2H3,(H,56,66)(H,57,69)(H,72,73)(H2,58,59,74)(H,60,67,70);1-2H3. The molecule has 25 heteroatoms. The number of anilines is 1. The Bertz CT molecular complexity index is 2730. The van der Waals surface area contributed by atoms with Crippen LogP contribution in [-0.2, 0) is 69.1 Å². The number of urea groups is 1. The summed E-state index contributed by atoms with van der Waals surface area (Å²) in [5.41, 5.74) is 3.54. The summed E-state index contributed by atoms with van der Waals surface area (Å²) in [5.74, 6) is -3.35. The van der Waals surface area contributed by atoms with Crippen molar-refractivity contribution in [2.45, 2.75) is 129 Å². The maximum absolute atomic E-state index is 13.6. The Morgan fingerprint density at radius 1 is 0.877 bits per heavy atom. The number of carbonyl (C=O) groups excluding carboxylic acids is 9. The predicted octanol–water partition coefficient (Wildman–Crippen LogP) is 4.45. The van der Waals surface area contributed by atoms with Crippen LogP contribution in [-0.4, -0.2) is 163 Å². The normalized spacial score (nSPS) is 17.3. The summed E-state index contributed by atoms with van der Waals surface area (Å²) in [6.07, 6.45) is -0.324. The number of carboxylic acids is 1. The van der Waals surface area contributed by atoms with Gasteiger partial charge in [-0.15, -0.1) is 0 Å². The number of carboxylic acid groups (broad SMARTS) is 1. The van der Waals surface area contributed by atoms with Gasteiger partial charge in [-0.1, -0.05) is 56.1 Å². The Morgan fingerprint density at radius 3 is 2.38 bits per heavy atom. The van der Waals surface area contributed by atoms with Gasteiger partial charge >= 0.3 is 18.1 Å². The fourth-order valence-electron chi connectivity index (χ4n) is 8.81. The molecule has 0 aromatic heterocycles. The van der Waals surface area contributed by atoms with E-state index in [1.54, 1.807) is 54.4 Å². The van der Waals surface area contributed by atoms with E-state index in [1.165, 1.54) is 29.0 Å². The Hall–Kier alpha value is -7.67. The lowest BCUT2D eigenvalue weighted by Crippen LogP contribution is -2.52. The maximum atomic E-state index is 13.6. The molecule has 9 amide bonds. The van der Waals surface area contributed by atoms with E-state index in [2.05, 4.69) is 26.6 Å². The topological polar surface area (TPSA) is 318 Å². The highest BCUT2D eigenvalue weighted by Gasteiger charge is 2.39. The molecular formula is C56H73ClN8O16. The van der Waals surface area contributed by atoms with Crippen molar-refractivity contribution in [3.05, 3.63) is 93.0 Å². The number of ether oxygens (including phenoxy) is 4. The van der Waals surface area contributed by atoms with Crippen LogP contribution in [0.15, 0.2) is 54.6 Å². The van der Waals surface area contributed by atoms with Crippen LogP contribution >= 0.6 is 11.6 Å². The van der Waals surface area contributed by atoms with Crippen LogP contribution in [0.3, 0.4) is 0 Å². The quantitative estimate of drug-likeness (QED) is 0.0300. The van der Waals surface area contributed by atoms with Crippen LogP contribution in [0.5, 0.6) is 5.75 Å². The number of piperidine rings is 1. The number of hydrogen-bond donors (Lipinski definition) is 7. The molecule has 24 nitrogen and oxygen atoms in total. The molecule has 3 heterocycles. The number of rotatable bonds is 28. The van der Waals surface area contributed by atoms with Crippen LogP contribution in [0.25, 0.3) is 0 Å². The van der Waals surface area contributed by atoms with Gasteiger partial charge in [-0.3, -0.25) is 34.1 Å². The maximum Gasteiger partial charge on any atom is 0.409 e. The van der Waals surface area contributed by atoms with Gasteiger partial charge in [-0.05, 0) is 78.3 Å². The monoisotopic (exact) mass is 1150 g/mol. The largest absolute Gasteiger partial charge is 0.479 e. The number of carbonyl (C=O) groups is 10. The Balaban J connectivity index is 0.00000595. The van der Waals surface area contributed by atoms with E-state index in [-0.39, 0.29) is 132 Å². The fraction of sp³-hybridized carbons (Fsp3) is 0.500. The van der Waals surface area contributed by atoms with Crippen molar-refractivity contribution in [3.63, 3.8) is 0 Å². The number of hydrogen-bond acceptors (Lipinski definition) is 15. The number of aliphatic hydroxyl groups is 1. The lowest BCUT2D eigenvalue weighted by atomic mass is 10.0. The van der Waals surface area contributed by atoms with Crippen molar-refractivity contribution in [1.82, 2.24) is 36.0 Å². The molecule has 2 fully saturated rings. The molecule has 0 spiro atoms. The van der Waals surface area contributed by atoms with Gasteiger partial charge in [0.2, 0.25) is 29.9 Å². The number of benzene rings is 3. The van der Waals surface area contributed by atoms with Crippen LogP contribution in [0.2, 0.25) is 5.02 Å². The first-order valence-electron chi connectivity index (χ1n) is 27.0. The van der Waals surface area contributed by atoms with Crippen molar-refractivity contribution in [2.24, 2.45) is 0 Å². The Kier molecular flexibility index (Phi) is 25.8. The Labute approximate surface area is 474 Å². The third kappa shape index (κ3) is 20.1. The van der Waals surface area contributed by atoms with Crippen molar-refractivity contribution < 1.29 is 77.1 Å². The van der Waals surface area contributed by atoms with Crippen molar-refractivity contribution in [2.75, 3.05) is 58.8 Å². The Morgan fingerprint density at radius 2 is 1.64 bits per heavy atom. The average molecular weight is 1150 g/mol. The van der Waals surface area contributed by atoms with E-state index in [0.29, 0.717) is 60.4 Å². The molecule has 0 saturated carbocycles. The zero-order chi connectivity index (χ0) is 59.0. The SMILES string of the molecule is CC.CN(CCCCCC(=O)NCCNC(=O)c1cc(COC(=O)N(C)CCOCCc2ccc(NC(=O)NCc3ccc4c(c3)CN(C3CCC(=O)NC3=O)C4=O)cc2Cl)ccc1OC1CC(O)CC(C(=O)O)O1)C(=O)CCC=O. The minimum atomic E-state index is -1.33. The summed E-state index contributed by atoms with van der Waals surface area (Å²) in [7, 11) is 3.20. The van der Waals surface area contributed by atoms with Crippen molar-refractivity contribution >= 4 is 77.1 Å². The van der Waals surface area contributed by atoms with Gasteiger partial charge in [-0.2, -0.15) is 0 Å². The molecule has 0 aliphatic carbocycles. The zero-order valence-corrected chi connectivity index (χ0v) is 46.8. The molecule has 0 radical (unpaired) electrons. The number of aliphatic carboxylic acids is 1. The molecule has 7 N–H and O–H groups in total. The fourth-order valence-corrected chi connectivity index (χ4v) is 9.08. The second kappa shape index (κ2) is 32.6. The van der Waals surface area contributed by atoms with Gasteiger partial charge in [0.05, 0.1) is 24.9 Å². The molecule has 440 valence electrons. The van der Waals surface area contributed by atoms with Crippen LogP contribution in [0.4, 0.5) is 15.3 Å². The average Bonchev–Trinajstić information content (AvgIpc) is 3.87. The molecule has 3 aromatic rings. The van der Waals surface area contributed by atoms with Crippen molar-refractivity contribution in [3.8, 4) is 5.75 Å². The third-order valence-corrected chi connectivity index (χ3v) is 13.6. The second-order valence-corrected chi connectivity index (χ2v) is 19.7. The zero-order valence-electron chi connectivity index (χ0n) is 46.1. The van der Waals surface area contributed by atoms with E-state index >= 15 is 0 Å². The third-order valence-electron chi connectivity index (χ3n) is 13.2. The summed E-state index contributed by atoms with van der Waals surface area (Å²) in [6.45, 7) is 5.36. The van der Waals surface area contributed by atoms with E-state index in [1.807, 2.05) is 13.8 Å². The highest BCUT2D eigenvalue weighted by molar-refractivity contribution is 6.31. The summed E-state index contributed by atoms with van der Waals surface area (Å²) in [5, 5.41) is 33.5. The molecule has 6 rings (SSSR count). The lowest BCUT2D eigenvalue weighted by Gasteiger charge is -2.31. The number of fused-ring (bicyclic) bond motifs is 1. The van der Waals surface area contributed by atoms with Gasteiger partial charge in [0.25, 0.3) is 11.8 Å². The second-order valence-electron chi connectivity index (χ2n) is 19.2. The number of unbranched alkanes of at least 4 members (excludes halogenated alkanes) is 2. The van der Waals surface area contributed by atoms with E-state index in [0.717, 1.165) is 16.7 Å². The van der Waals surface area contributed by atoms with Gasteiger partial charge in [0.1, 0.15) is 24.7 Å². The number of nitrogens with zero attached hydrogens (tertiary/aromatic N) is 3. The summed E-state index contributed by atoms with van der Waals surface area (Å²) in [6, 6.07) is 13.5. The first-order valence-corrected chi connectivity index (χ1v) is 27.4. The highest BCUT2D eigenvalue weighted by Crippen LogP contribution is 2.30. The summed E-state index contributed by atoms with van der Waals surface area (Å²) < 4.78 is 22.7. The molecule has 81 heavy (non-hydrogen) atoms. The predicted molar refractivity (Wildman–Crippen MR) is 294 cm³/mol. The number of nitrogens with one attached hydrogen (secondary N) is 5. The van der Waals surface area contributed by atoms with E-state index in [9.17, 15) is 58.2 Å². The number of amides is 9. The summed E-state index contributed by atoms with van der Waals surface area (Å²) in [4.78, 5) is 127. The number of halogens is 1. The van der Waals surface area contributed by atoms with Crippen LogP contribution in [0.1, 0.15) is 121 Å². The minimum absolute atomic E-state index is 0.00393. The molecule has 3 aliphatic heterocycles. The van der Waals surface area contributed by atoms with Crippen molar-refractivity contribution in [1.29, 1.82) is 0 Å². The van der Waals surface area contributed by atoms with Gasteiger partial charge in [0, 0.05) is 108 Å². The molecular weight excluding hydrogens is 1080 g/mol. The summed E-state index contributed by atoms with van der Waals surface area (Å²) >= 11 is 6.55. The molecule has 3 aliphatic rings. The first kappa shape index (κ1) is 64.2. The molecule has 2 saturated heterocycles. The first-order chi connectivity index (χ1) is 38.9. The van der Waals surface area contributed by atoms with Gasteiger partial charge in [0.15, 0.2) is 6.10 Å². The number of aldehydes is 1. The smallest absolute Gasteiger partial charge is 0.409 e. The minimum Gasteiger partial charge on any atom is -0.479 e. The van der Waals surface area contributed by atoms with Gasteiger partial charge < -0.3 is 69.9 Å².